The van der Waals surface area contributed by atoms with Crippen LogP contribution in [0.1, 0.15) is 6.42 Å². The maximum atomic E-state index is 15.1. The predicted octanol–water partition coefficient (Wildman–Crippen LogP) is 1.61. The van der Waals surface area contributed by atoms with E-state index >= 15 is 4.39 Å². The molecule has 2 fully saturated rings. The fourth-order valence-electron chi connectivity index (χ4n) is 4.85. The van der Waals surface area contributed by atoms with Crippen LogP contribution in [0.15, 0.2) is 24.4 Å². The van der Waals surface area contributed by atoms with Crippen molar-refractivity contribution in [2.75, 3.05) is 37.4 Å². The van der Waals surface area contributed by atoms with Crippen LogP contribution >= 0.6 is 0 Å². The van der Waals surface area contributed by atoms with E-state index in [1.165, 1.54) is 4.52 Å². The number of nitrogen functional groups attached to an aromatic ring is 1. The van der Waals surface area contributed by atoms with Crippen LogP contribution in [0.2, 0.25) is 0 Å². The van der Waals surface area contributed by atoms with E-state index in [2.05, 4.69) is 36.6 Å². The van der Waals surface area contributed by atoms with Crippen molar-refractivity contribution in [1.29, 1.82) is 0 Å². The van der Waals surface area contributed by atoms with Gasteiger partial charge in [-0.15, -0.1) is 16.6 Å². The molecular formula is C23H23F3N10O. The number of nitrogens with one attached hydrogen (secondary N) is 1. The molecule has 192 valence electrons. The van der Waals surface area contributed by atoms with E-state index in [1.54, 1.807) is 24.4 Å². The summed E-state index contributed by atoms with van der Waals surface area (Å²) in [6, 6.07) is 4.58. The molecule has 0 radical (unpaired) electrons. The van der Waals surface area contributed by atoms with Crippen LogP contribution in [-0.2, 0) is 11.3 Å². The maximum Gasteiger partial charge on any atom is 0.258 e. The molecular weight excluding hydrogens is 489 g/mol. The molecule has 0 amide bonds. The van der Waals surface area contributed by atoms with Gasteiger partial charge in [0.05, 0.1) is 24.9 Å². The first-order valence-corrected chi connectivity index (χ1v) is 11.7. The summed E-state index contributed by atoms with van der Waals surface area (Å²) in [6.07, 6.45) is 4.07. The highest BCUT2D eigenvalue weighted by atomic mass is 19.3. The molecule has 37 heavy (non-hydrogen) atoms. The van der Waals surface area contributed by atoms with Crippen LogP contribution in [0.3, 0.4) is 0 Å². The third kappa shape index (κ3) is 4.00. The van der Waals surface area contributed by atoms with Crippen LogP contribution in [0.5, 0.6) is 0 Å². The molecule has 4 aromatic heterocycles. The summed E-state index contributed by atoms with van der Waals surface area (Å²) >= 11 is 0. The van der Waals surface area contributed by atoms with E-state index in [9.17, 15) is 8.78 Å². The van der Waals surface area contributed by atoms with Crippen molar-refractivity contribution in [2.24, 2.45) is 0 Å². The minimum atomic E-state index is -2.59. The van der Waals surface area contributed by atoms with Gasteiger partial charge in [0.25, 0.3) is 6.43 Å². The van der Waals surface area contributed by atoms with Gasteiger partial charge in [0.2, 0.25) is 5.95 Å². The number of nitrogens with two attached hydrogens (primary N) is 1. The van der Waals surface area contributed by atoms with Crippen LogP contribution in [-0.4, -0.2) is 90.0 Å². The Morgan fingerprint density at radius 2 is 2.11 bits per heavy atom. The van der Waals surface area contributed by atoms with E-state index in [0.717, 1.165) is 4.68 Å². The lowest BCUT2D eigenvalue weighted by Crippen LogP contribution is -2.65. The Morgan fingerprint density at radius 1 is 1.27 bits per heavy atom. The zero-order chi connectivity index (χ0) is 25.7. The van der Waals surface area contributed by atoms with Crippen molar-refractivity contribution >= 4 is 28.4 Å². The molecule has 3 N–H and O–H groups in total. The number of likely N-dealkylation sites (tertiary alicyclic amines) is 1. The first-order valence-electron chi connectivity index (χ1n) is 11.7. The molecule has 2 saturated heterocycles. The Balaban J connectivity index is 1.24. The summed E-state index contributed by atoms with van der Waals surface area (Å²) in [4.78, 5) is 10.8. The maximum absolute atomic E-state index is 15.1. The Bertz CT molecular complexity index is 1510. The van der Waals surface area contributed by atoms with E-state index in [4.69, 9.17) is 16.9 Å². The van der Waals surface area contributed by atoms with Gasteiger partial charge >= 0.3 is 0 Å². The van der Waals surface area contributed by atoms with E-state index in [-0.39, 0.29) is 24.0 Å². The zero-order valence-corrected chi connectivity index (χ0v) is 19.6. The molecule has 11 nitrogen and oxygen atoms in total. The first kappa shape index (κ1) is 23.4. The van der Waals surface area contributed by atoms with Crippen molar-refractivity contribution < 1.29 is 17.9 Å². The largest absolute Gasteiger partial charge is 0.382 e. The highest BCUT2D eigenvalue weighted by molar-refractivity contribution is 5.88. The Kier molecular flexibility index (Phi) is 5.61. The molecule has 0 aliphatic carbocycles. The van der Waals surface area contributed by atoms with Crippen LogP contribution in [0.4, 0.5) is 24.9 Å². The van der Waals surface area contributed by atoms with Gasteiger partial charge in [0.1, 0.15) is 29.3 Å². The number of rotatable bonds is 6. The predicted molar refractivity (Wildman–Crippen MR) is 129 cm³/mol. The summed E-state index contributed by atoms with van der Waals surface area (Å²) in [5.74, 6) is 3.10. The number of aromatic nitrogens is 7. The summed E-state index contributed by atoms with van der Waals surface area (Å²) in [5, 5.41) is 15.2. The number of fused-ring (bicyclic) bond motifs is 2. The standard InChI is InChI=1S/C23H23F3N10O/c1-2-23(11-37-12-23)34-7-6-16(14(24)9-34)29-22-30-20(27)19-13(5-8-35(19)32-22)15-3-4-17-21(28-15)36(33-31-17)10-18(25)26/h1,3-5,8,14,16,18H,6-7,9-12H2,(H3,27,29,30,32)/t14-,16+/m1/s1. The summed E-state index contributed by atoms with van der Waals surface area (Å²) < 4.78 is 48.7. The molecule has 0 aromatic carbocycles. The second-order valence-electron chi connectivity index (χ2n) is 9.22. The number of hydrogen-bond donors (Lipinski definition) is 2. The number of alkyl halides is 3. The number of piperidine rings is 1. The average molecular weight is 513 g/mol. The second kappa shape index (κ2) is 8.86. The molecule has 0 unspecified atom stereocenters. The van der Waals surface area contributed by atoms with Gasteiger partial charge in [-0.3, -0.25) is 4.90 Å². The van der Waals surface area contributed by atoms with Crippen LogP contribution in [0.25, 0.3) is 27.9 Å². The SMILES string of the molecule is C#CC1(N2CC[C@H](Nc3nc(N)c4c(-c5ccc6nnn(CC(F)F)c6n5)ccn4n3)[C@H](F)C2)COC1. The second-order valence-corrected chi connectivity index (χ2v) is 9.22. The van der Waals surface area contributed by atoms with Crippen LogP contribution < -0.4 is 11.1 Å². The summed E-state index contributed by atoms with van der Waals surface area (Å²) in [7, 11) is 0. The Morgan fingerprint density at radius 3 is 2.81 bits per heavy atom. The molecule has 6 heterocycles. The topological polar surface area (TPSA) is 124 Å². The third-order valence-corrected chi connectivity index (χ3v) is 6.90. The van der Waals surface area contributed by atoms with Gasteiger partial charge in [0, 0.05) is 24.8 Å². The van der Waals surface area contributed by atoms with Gasteiger partial charge in [-0.05, 0) is 24.6 Å². The van der Waals surface area contributed by atoms with E-state index in [0.29, 0.717) is 48.5 Å². The van der Waals surface area contributed by atoms with Gasteiger partial charge in [0.15, 0.2) is 11.5 Å². The van der Waals surface area contributed by atoms with Crippen molar-refractivity contribution in [3.63, 3.8) is 0 Å². The lowest BCUT2D eigenvalue weighted by Gasteiger charge is -2.49. The van der Waals surface area contributed by atoms with Gasteiger partial charge in [-0.1, -0.05) is 11.1 Å². The fraction of sp³-hybridized carbons (Fsp3) is 0.435. The van der Waals surface area contributed by atoms with Crippen molar-refractivity contribution in [3.05, 3.63) is 24.4 Å². The van der Waals surface area contributed by atoms with E-state index in [1.807, 2.05) is 4.90 Å². The lowest BCUT2D eigenvalue weighted by molar-refractivity contribution is -0.120. The zero-order valence-electron chi connectivity index (χ0n) is 19.6. The number of anilines is 2. The monoisotopic (exact) mass is 512 g/mol. The van der Waals surface area contributed by atoms with Crippen molar-refractivity contribution in [1.82, 2.24) is 39.5 Å². The van der Waals surface area contributed by atoms with Crippen molar-refractivity contribution in [2.45, 2.75) is 37.1 Å². The minimum Gasteiger partial charge on any atom is -0.382 e. The third-order valence-electron chi connectivity index (χ3n) is 6.90. The van der Waals surface area contributed by atoms with Gasteiger partial charge in [-0.2, -0.15) is 4.98 Å². The highest BCUT2D eigenvalue weighted by Crippen LogP contribution is 2.31. The first-order chi connectivity index (χ1) is 17.9. The number of ether oxygens (including phenoxy) is 1. The number of terminal acetylenes is 1. The van der Waals surface area contributed by atoms with Crippen molar-refractivity contribution in [3.8, 4) is 23.6 Å². The molecule has 0 spiro atoms. The molecule has 0 bridgehead atoms. The Labute approximate surface area is 208 Å². The Hall–Kier alpha value is -3.96. The number of hydrogen-bond acceptors (Lipinski definition) is 9. The van der Waals surface area contributed by atoms with Crippen LogP contribution in [0, 0.1) is 12.3 Å². The number of pyridine rings is 1. The smallest absolute Gasteiger partial charge is 0.258 e. The number of nitrogens with zero attached hydrogens (tertiary/aromatic N) is 8. The van der Waals surface area contributed by atoms with E-state index < -0.39 is 30.7 Å². The van der Waals surface area contributed by atoms with Gasteiger partial charge in [-0.25, -0.2) is 27.4 Å². The highest BCUT2D eigenvalue weighted by Gasteiger charge is 2.46. The molecule has 14 heteroatoms. The minimum absolute atomic E-state index is 0.157. The van der Waals surface area contributed by atoms with Gasteiger partial charge < -0.3 is 15.8 Å². The average Bonchev–Trinajstić information content (AvgIpc) is 3.44. The molecule has 2 aliphatic rings. The lowest BCUT2D eigenvalue weighted by atomic mass is 9.91. The number of halogens is 3. The molecule has 6 rings (SSSR count). The fourth-order valence-corrected chi connectivity index (χ4v) is 4.85. The quantitative estimate of drug-likeness (QED) is 0.371. The molecule has 4 aromatic rings. The molecule has 2 atom stereocenters. The summed E-state index contributed by atoms with van der Waals surface area (Å²) in [6.45, 7) is 1.00. The normalized spacial score (nSPS) is 21.8. The summed E-state index contributed by atoms with van der Waals surface area (Å²) in [5.41, 5.74) is 7.95. The molecule has 2 aliphatic heterocycles. The molecule has 0 saturated carbocycles.